The Hall–Kier alpha value is -4.05. The number of nitrogens with one attached hydrogen (secondary N) is 2. The highest BCUT2D eigenvalue weighted by Crippen LogP contribution is 2.45. The van der Waals surface area contributed by atoms with Crippen LogP contribution in [0, 0.1) is 0 Å². The zero-order valence-corrected chi connectivity index (χ0v) is 24.1. The van der Waals surface area contributed by atoms with Crippen molar-refractivity contribution < 1.29 is 9.53 Å². The van der Waals surface area contributed by atoms with Gasteiger partial charge in [0.2, 0.25) is 0 Å². The molecular weight excluding hydrogens is 480 g/mol. The smallest absolute Gasteiger partial charge is 0.319 e. The Morgan fingerprint density at radius 2 is 1.10 bits per heavy atom. The Kier molecular flexibility index (Phi) is 8.44. The number of urea groups is 1. The highest BCUT2D eigenvalue weighted by atomic mass is 16.5. The van der Waals surface area contributed by atoms with Gasteiger partial charge < -0.3 is 15.4 Å². The van der Waals surface area contributed by atoms with Crippen molar-refractivity contribution in [3.8, 4) is 33.8 Å². The van der Waals surface area contributed by atoms with Crippen molar-refractivity contribution >= 4 is 11.7 Å². The molecule has 4 rings (SSSR count). The lowest BCUT2D eigenvalue weighted by molar-refractivity contribution is 0.244. The first-order chi connectivity index (χ1) is 18.5. The molecule has 0 bridgehead atoms. The average molecular weight is 521 g/mol. The first kappa shape index (κ1) is 28.0. The summed E-state index contributed by atoms with van der Waals surface area (Å²) >= 11 is 0. The molecule has 2 amide bonds. The fourth-order valence-corrected chi connectivity index (χ4v) is 4.84. The summed E-state index contributed by atoms with van der Waals surface area (Å²) in [5.74, 6) is 2.06. The molecule has 0 heterocycles. The molecule has 202 valence electrons. The van der Waals surface area contributed by atoms with E-state index in [2.05, 4.69) is 74.7 Å². The van der Waals surface area contributed by atoms with E-state index in [0.717, 1.165) is 33.7 Å². The van der Waals surface area contributed by atoms with Gasteiger partial charge in [0.1, 0.15) is 11.5 Å². The van der Waals surface area contributed by atoms with E-state index in [0.29, 0.717) is 17.6 Å². The maximum atomic E-state index is 13.4. The maximum Gasteiger partial charge on any atom is 0.319 e. The number of hydrogen-bond donors (Lipinski definition) is 2. The monoisotopic (exact) mass is 520 g/mol. The highest BCUT2D eigenvalue weighted by Gasteiger charge is 2.23. The summed E-state index contributed by atoms with van der Waals surface area (Å²) in [5, 5.41) is 6.32. The zero-order valence-electron chi connectivity index (χ0n) is 24.1. The molecular formula is C35H40N2O2. The van der Waals surface area contributed by atoms with Crippen LogP contribution in [0.15, 0.2) is 91.0 Å². The van der Waals surface area contributed by atoms with E-state index in [-0.39, 0.29) is 11.6 Å². The molecule has 0 aliphatic carbocycles. The van der Waals surface area contributed by atoms with E-state index in [4.69, 9.17) is 4.74 Å². The molecule has 0 fully saturated rings. The molecule has 4 heteroatoms. The van der Waals surface area contributed by atoms with Crippen LogP contribution in [0.25, 0.3) is 22.3 Å². The number of amides is 2. The van der Waals surface area contributed by atoms with Crippen LogP contribution in [0.3, 0.4) is 0 Å². The zero-order chi connectivity index (χ0) is 28.2. The molecule has 0 saturated heterocycles. The maximum absolute atomic E-state index is 13.4. The van der Waals surface area contributed by atoms with Crippen molar-refractivity contribution in [3.05, 3.63) is 102 Å². The number of carbonyl (C=O) groups excluding carboxylic acids is 1. The van der Waals surface area contributed by atoms with E-state index < -0.39 is 0 Å². The van der Waals surface area contributed by atoms with Crippen molar-refractivity contribution in [2.45, 2.75) is 65.8 Å². The van der Waals surface area contributed by atoms with Gasteiger partial charge in [-0.25, -0.2) is 4.79 Å². The number of hydrogen-bond acceptors (Lipinski definition) is 2. The van der Waals surface area contributed by atoms with Crippen LogP contribution in [0.4, 0.5) is 10.5 Å². The van der Waals surface area contributed by atoms with Gasteiger partial charge in [-0.1, -0.05) is 94.4 Å². The van der Waals surface area contributed by atoms with E-state index in [1.54, 1.807) is 0 Å². The van der Waals surface area contributed by atoms with Crippen molar-refractivity contribution in [1.29, 1.82) is 0 Å². The van der Waals surface area contributed by atoms with Crippen LogP contribution in [0.2, 0.25) is 0 Å². The van der Waals surface area contributed by atoms with Gasteiger partial charge in [0, 0.05) is 16.7 Å². The summed E-state index contributed by atoms with van der Waals surface area (Å²) in [5.41, 5.74) is 6.77. The van der Waals surface area contributed by atoms with Gasteiger partial charge in [-0.2, -0.15) is 0 Å². The third-order valence-corrected chi connectivity index (χ3v) is 6.56. The topological polar surface area (TPSA) is 50.4 Å². The van der Waals surface area contributed by atoms with Gasteiger partial charge in [0.15, 0.2) is 0 Å². The number of para-hydroxylation sites is 1. The molecule has 0 atom stereocenters. The van der Waals surface area contributed by atoms with E-state index in [9.17, 15) is 4.79 Å². The second-order valence-corrected chi connectivity index (χ2v) is 11.6. The molecule has 4 aromatic carbocycles. The fourth-order valence-electron chi connectivity index (χ4n) is 4.84. The van der Waals surface area contributed by atoms with Crippen molar-refractivity contribution in [2.75, 3.05) is 5.32 Å². The van der Waals surface area contributed by atoms with Gasteiger partial charge in [0.25, 0.3) is 0 Å². The van der Waals surface area contributed by atoms with Crippen LogP contribution in [0.5, 0.6) is 11.5 Å². The number of ether oxygens (including phenoxy) is 1. The Balaban J connectivity index is 2.03. The Bertz CT molecular complexity index is 1360. The van der Waals surface area contributed by atoms with Crippen molar-refractivity contribution in [1.82, 2.24) is 5.32 Å². The number of carbonyl (C=O) groups is 1. The summed E-state index contributed by atoms with van der Waals surface area (Å²) in [6, 6.07) is 30.4. The lowest BCUT2D eigenvalue weighted by Crippen LogP contribution is -2.43. The van der Waals surface area contributed by atoms with Crippen LogP contribution < -0.4 is 15.4 Å². The van der Waals surface area contributed by atoms with Crippen molar-refractivity contribution in [2.24, 2.45) is 0 Å². The van der Waals surface area contributed by atoms with Gasteiger partial charge in [0.05, 0.1) is 5.69 Å². The quantitative estimate of drug-likeness (QED) is 0.255. The molecule has 4 nitrogen and oxygen atoms in total. The van der Waals surface area contributed by atoms with Gasteiger partial charge in [-0.3, -0.25) is 0 Å². The summed E-state index contributed by atoms with van der Waals surface area (Å²) < 4.78 is 6.42. The van der Waals surface area contributed by atoms with Gasteiger partial charge >= 0.3 is 6.03 Å². The first-order valence-corrected chi connectivity index (χ1v) is 13.7. The van der Waals surface area contributed by atoms with Crippen LogP contribution in [-0.4, -0.2) is 11.6 Å². The summed E-state index contributed by atoms with van der Waals surface area (Å²) in [7, 11) is 0. The second-order valence-electron chi connectivity index (χ2n) is 11.6. The van der Waals surface area contributed by atoms with Crippen molar-refractivity contribution in [3.63, 3.8) is 0 Å². The molecule has 0 aliphatic heterocycles. The first-order valence-electron chi connectivity index (χ1n) is 13.7. The highest BCUT2D eigenvalue weighted by molar-refractivity contribution is 6.02. The fraction of sp³-hybridized carbons (Fsp3) is 0.286. The molecule has 0 saturated carbocycles. The predicted octanol–water partition coefficient (Wildman–Crippen LogP) is 9.98. The lowest BCUT2D eigenvalue weighted by Gasteiger charge is -2.25. The summed E-state index contributed by atoms with van der Waals surface area (Å²) in [6.45, 7) is 14.7. The van der Waals surface area contributed by atoms with Crippen LogP contribution in [-0.2, 0) is 0 Å². The Labute approximate surface area is 233 Å². The second kappa shape index (κ2) is 11.8. The molecule has 39 heavy (non-hydrogen) atoms. The molecule has 2 N–H and O–H groups in total. The SMILES string of the molecule is CC(C)c1ccccc1-c1cc(Oc2ccccc2)cc(-c2ccccc2C(C)C)c1NC(=O)NC(C)(C)C. The lowest BCUT2D eigenvalue weighted by atomic mass is 9.86. The Morgan fingerprint density at radius 3 is 1.56 bits per heavy atom. The van der Waals surface area contributed by atoms with E-state index >= 15 is 0 Å². The minimum atomic E-state index is -0.382. The Morgan fingerprint density at radius 1 is 0.641 bits per heavy atom. The number of anilines is 1. The molecule has 0 radical (unpaired) electrons. The van der Waals surface area contributed by atoms with E-state index in [1.807, 2.05) is 75.4 Å². The summed E-state index contributed by atoms with van der Waals surface area (Å²) in [6.07, 6.45) is 0. The normalized spacial score (nSPS) is 11.5. The third kappa shape index (κ3) is 6.88. The van der Waals surface area contributed by atoms with Gasteiger partial charge in [-0.05, 0) is 79.1 Å². The third-order valence-electron chi connectivity index (χ3n) is 6.56. The molecule has 4 aromatic rings. The van der Waals surface area contributed by atoms with Crippen LogP contribution in [0.1, 0.15) is 71.4 Å². The summed E-state index contributed by atoms with van der Waals surface area (Å²) in [4.78, 5) is 13.4. The average Bonchev–Trinajstić information content (AvgIpc) is 2.88. The minimum Gasteiger partial charge on any atom is -0.457 e. The van der Waals surface area contributed by atoms with Crippen LogP contribution >= 0.6 is 0 Å². The minimum absolute atomic E-state index is 0.245. The number of benzene rings is 4. The molecule has 0 spiro atoms. The molecule has 0 aromatic heterocycles. The standard InChI is InChI=1S/C35H40N2O2/c1-23(2)27-17-11-13-19-29(27)31-21-26(39-25-15-9-8-10-16-25)22-32(30-20-14-12-18-28(30)24(3)4)33(31)36-34(38)37-35(5,6)7/h8-24H,1-7H3,(H2,36,37,38). The molecule has 0 unspecified atom stereocenters. The van der Waals surface area contributed by atoms with E-state index in [1.165, 1.54) is 11.1 Å². The predicted molar refractivity (Wildman–Crippen MR) is 164 cm³/mol. The number of rotatable bonds is 7. The van der Waals surface area contributed by atoms with Gasteiger partial charge in [-0.15, -0.1) is 0 Å². The molecule has 0 aliphatic rings. The largest absolute Gasteiger partial charge is 0.457 e.